The van der Waals surface area contributed by atoms with Crippen LogP contribution in [0.4, 0.5) is 10.1 Å². The van der Waals surface area contributed by atoms with Gasteiger partial charge in [-0.25, -0.2) is 4.39 Å². The number of carbonyl (C=O) groups is 2. The highest BCUT2D eigenvalue weighted by Crippen LogP contribution is 2.30. The summed E-state index contributed by atoms with van der Waals surface area (Å²) in [6, 6.07) is 3.73. The number of aliphatic hydroxyl groups is 1. The highest BCUT2D eigenvalue weighted by molar-refractivity contribution is 5.96. The van der Waals surface area contributed by atoms with Crippen LogP contribution in [0.1, 0.15) is 36.5 Å². The number of carbonyl (C=O) groups excluding carboxylic acids is 2. The largest absolute Gasteiger partial charge is 0.388 e. The molecule has 0 aliphatic heterocycles. The van der Waals surface area contributed by atoms with Crippen LogP contribution in [0.2, 0.25) is 0 Å². The van der Waals surface area contributed by atoms with Gasteiger partial charge in [-0.3, -0.25) is 9.59 Å². The first kappa shape index (κ1) is 14.5. The third-order valence-corrected chi connectivity index (χ3v) is 3.40. The van der Waals surface area contributed by atoms with Crippen molar-refractivity contribution in [1.29, 1.82) is 0 Å². The zero-order valence-corrected chi connectivity index (χ0v) is 11.2. The molecular formula is C14H17FN2O3. The van der Waals surface area contributed by atoms with Gasteiger partial charge in [-0.05, 0) is 37.5 Å². The quantitative estimate of drug-likeness (QED) is 0.780. The summed E-state index contributed by atoms with van der Waals surface area (Å²) < 4.78 is 13.4. The summed E-state index contributed by atoms with van der Waals surface area (Å²) in [6.45, 7) is 1.44. The minimum Gasteiger partial charge on any atom is -0.388 e. The van der Waals surface area contributed by atoms with Gasteiger partial charge >= 0.3 is 0 Å². The molecule has 108 valence electrons. The molecule has 0 atom stereocenters. The molecule has 5 nitrogen and oxygen atoms in total. The Morgan fingerprint density at radius 3 is 2.65 bits per heavy atom. The fourth-order valence-electron chi connectivity index (χ4n) is 2.06. The first-order valence-electron chi connectivity index (χ1n) is 6.47. The predicted molar refractivity (Wildman–Crippen MR) is 71.8 cm³/mol. The van der Waals surface area contributed by atoms with Crippen LogP contribution in [0.15, 0.2) is 18.2 Å². The molecule has 1 fully saturated rings. The van der Waals surface area contributed by atoms with Crippen molar-refractivity contribution in [3.8, 4) is 0 Å². The lowest BCUT2D eigenvalue weighted by Gasteiger charge is -2.36. The lowest BCUT2D eigenvalue weighted by Crippen LogP contribution is -2.47. The van der Waals surface area contributed by atoms with E-state index in [2.05, 4.69) is 10.6 Å². The van der Waals surface area contributed by atoms with Crippen LogP contribution < -0.4 is 10.6 Å². The molecule has 2 amide bonds. The topological polar surface area (TPSA) is 78.4 Å². The van der Waals surface area contributed by atoms with Crippen LogP contribution in [-0.2, 0) is 4.79 Å². The summed E-state index contributed by atoms with van der Waals surface area (Å²) in [7, 11) is 0. The molecule has 2 rings (SSSR count). The zero-order chi connectivity index (χ0) is 14.8. The molecule has 1 saturated carbocycles. The van der Waals surface area contributed by atoms with Crippen LogP contribution in [0.3, 0.4) is 0 Å². The van der Waals surface area contributed by atoms with E-state index >= 15 is 0 Å². The van der Waals surface area contributed by atoms with Crippen molar-refractivity contribution >= 4 is 17.5 Å². The van der Waals surface area contributed by atoms with Gasteiger partial charge in [-0.1, -0.05) is 0 Å². The number of hydrogen-bond donors (Lipinski definition) is 3. The SMILES string of the molecule is CC(=O)Nc1cc(C(=O)NCC2(O)CCC2)ccc1F. The fraction of sp³-hybridized carbons (Fsp3) is 0.429. The highest BCUT2D eigenvalue weighted by Gasteiger charge is 2.34. The van der Waals surface area contributed by atoms with Crippen molar-refractivity contribution in [3.05, 3.63) is 29.6 Å². The second kappa shape index (κ2) is 5.58. The Labute approximate surface area is 116 Å². The van der Waals surface area contributed by atoms with Gasteiger partial charge in [0, 0.05) is 19.0 Å². The van der Waals surface area contributed by atoms with Crippen molar-refractivity contribution < 1.29 is 19.1 Å². The minimum absolute atomic E-state index is 0.0347. The van der Waals surface area contributed by atoms with Gasteiger partial charge in [0.2, 0.25) is 5.91 Å². The molecule has 0 saturated heterocycles. The Balaban J connectivity index is 2.03. The average molecular weight is 280 g/mol. The molecule has 0 bridgehead atoms. The Bertz CT molecular complexity index is 541. The van der Waals surface area contributed by atoms with E-state index in [9.17, 15) is 19.1 Å². The monoisotopic (exact) mass is 280 g/mol. The summed E-state index contributed by atoms with van der Waals surface area (Å²) in [5.41, 5.74) is -0.610. The van der Waals surface area contributed by atoms with Gasteiger partial charge < -0.3 is 15.7 Å². The third kappa shape index (κ3) is 3.33. The van der Waals surface area contributed by atoms with E-state index in [0.717, 1.165) is 12.5 Å². The molecule has 0 aromatic heterocycles. The van der Waals surface area contributed by atoms with E-state index in [1.807, 2.05) is 0 Å². The van der Waals surface area contributed by atoms with E-state index in [4.69, 9.17) is 0 Å². The van der Waals surface area contributed by atoms with E-state index < -0.39 is 23.2 Å². The van der Waals surface area contributed by atoms with Gasteiger partial charge in [0.15, 0.2) is 0 Å². The van der Waals surface area contributed by atoms with Gasteiger partial charge in [0.25, 0.3) is 5.91 Å². The molecule has 0 spiro atoms. The van der Waals surface area contributed by atoms with Crippen molar-refractivity contribution in [2.45, 2.75) is 31.8 Å². The zero-order valence-electron chi connectivity index (χ0n) is 11.2. The van der Waals surface area contributed by atoms with Crippen LogP contribution >= 0.6 is 0 Å². The summed E-state index contributed by atoms with van der Waals surface area (Å²) in [4.78, 5) is 22.9. The smallest absolute Gasteiger partial charge is 0.251 e. The first-order chi connectivity index (χ1) is 9.39. The molecule has 1 aliphatic rings. The molecule has 1 aliphatic carbocycles. The summed E-state index contributed by atoms with van der Waals surface area (Å²) in [5.74, 6) is -1.42. The normalized spacial score (nSPS) is 16.1. The molecule has 20 heavy (non-hydrogen) atoms. The lowest BCUT2D eigenvalue weighted by atomic mass is 9.80. The van der Waals surface area contributed by atoms with Crippen molar-refractivity contribution in [1.82, 2.24) is 5.32 Å². The molecule has 1 aromatic carbocycles. The van der Waals surface area contributed by atoms with Crippen LogP contribution in [0, 0.1) is 5.82 Å². The fourth-order valence-corrected chi connectivity index (χ4v) is 2.06. The predicted octanol–water partition coefficient (Wildman–Crippen LogP) is 1.43. The van der Waals surface area contributed by atoms with Crippen molar-refractivity contribution in [2.24, 2.45) is 0 Å². The first-order valence-corrected chi connectivity index (χ1v) is 6.47. The maximum Gasteiger partial charge on any atom is 0.251 e. The number of benzene rings is 1. The number of hydrogen-bond acceptors (Lipinski definition) is 3. The molecule has 6 heteroatoms. The molecule has 0 radical (unpaired) electrons. The standard InChI is InChI=1S/C14H17FN2O3/c1-9(18)17-12-7-10(3-4-11(12)15)13(19)16-8-14(20)5-2-6-14/h3-4,7,20H,2,5-6,8H2,1H3,(H,16,19)(H,17,18). The van der Waals surface area contributed by atoms with E-state index in [1.54, 1.807) is 0 Å². The van der Waals surface area contributed by atoms with Gasteiger partial charge in [-0.15, -0.1) is 0 Å². The maximum absolute atomic E-state index is 13.4. The molecule has 1 aromatic rings. The summed E-state index contributed by atoms with van der Waals surface area (Å²) in [6.07, 6.45) is 2.30. The molecule has 3 N–H and O–H groups in total. The van der Waals surface area contributed by atoms with Gasteiger partial charge in [0.1, 0.15) is 5.82 Å². The minimum atomic E-state index is -0.809. The van der Waals surface area contributed by atoms with Crippen LogP contribution in [0.5, 0.6) is 0 Å². The number of halogens is 1. The Hall–Kier alpha value is -1.95. The van der Waals surface area contributed by atoms with Gasteiger partial charge in [-0.2, -0.15) is 0 Å². The summed E-state index contributed by atoms with van der Waals surface area (Å²) in [5, 5.41) is 14.8. The lowest BCUT2D eigenvalue weighted by molar-refractivity contribution is -0.114. The maximum atomic E-state index is 13.4. The highest BCUT2D eigenvalue weighted by atomic mass is 19.1. The number of amides is 2. The molecule has 0 unspecified atom stereocenters. The third-order valence-electron chi connectivity index (χ3n) is 3.40. The van der Waals surface area contributed by atoms with Crippen molar-refractivity contribution in [2.75, 3.05) is 11.9 Å². The number of anilines is 1. The van der Waals surface area contributed by atoms with Crippen LogP contribution in [0.25, 0.3) is 0 Å². The Morgan fingerprint density at radius 2 is 2.10 bits per heavy atom. The van der Waals surface area contributed by atoms with Gasteiger partial charge in [0.05, 0.1) is 11.3 Å². The number of nitrogens with one attached hydrogen (secondary N) is 2. The van der Waals surface area contributed by atoms with E-state index in [0.29, 0.717) is 12.8 Å². The Morgan fingerprint density at radius 1 is 1.40 bits per heavy atom. The molecular weight excluding hydrogens is 263 g/mol. The molecule has 0 heterocycles. The van der Waals surface area contributed by atoms with E-state index in [1.165, 1.54) is 19.1 Å². The number of rotatable bonds is 4. The van der Waals surface area contributed by atoms with E-state index in [-0.39, 0.29) is 17.8 Å². The van der Waals surface area contributed by atoms with Crippen LogP contribution in [-0.4, -0.2) is 29.1 Å². The average Bonchev–Trinajstić information content (AvgIpc) is 2.35. The second-order valence-electron chi connectivity index (χ2n) is 5.14. The van der Waals surface area contributed by atoms with Crippen molar-refractivity contribution in [3.63, 3.8) is 0 Å². The second-order valence-corrected chi connectivity index (χ2v) is 5.14. The summed E-state index contributed by atoms with van der Waals surface area (Å²) >= 11 is 0. The Kier molecular flexibility index (Phi) is 4.04.